The summed E-state index contributed by atoms with van der Waals surface area (Å²) in [5, 5.41) is 2.78. The molecule has 7 nitrogen and oxygen atoms in total. The van der Waals surface area contributed by atoms with Crippen molar-refractivity contribution in [3.63, 3.8) is 0 Å². The molecule has 9 heteroatoms. The van der Waals surface area contributed by atoms with Crippen molar-refractivity contribution >= 4 is 21.6 Å². The lowest BCUT2D eigenvalue weighted by Gasteiger charge is -2.35. The summed E-state index contributed by atoms with van der Waals surface area (Å²) in [6, 6.07) is 12.0. The molecule has 1 N–H and O–H groups in total. The van der Waals surface area contributed by atoms with Crippen LogP contribution in [0.1, 0.15) is 17.3 Å². The van der Waals surface area contributed by atoms with Crippen LogP contribution < -0.4 is 10.2 Å². The number of hydrogen-bond acceptors (Lipinski definition) is 5. The van der Waals surface area contributed by atoms with Gasteiger partial charge in [-0.05, 0) is 49.4 Å². The molecule has 1 aliphatic heterocycles. The van der Waals surface area contributed by atoms with E-state index in [1.807, 2.05) is 11.8 Å². The summed E-state index contributed by atoms with van der Waals surface area (Å²) in [4.78, 5) is 14.5. The molecule has 2 aromatic carbocycles. The number of halogens is 1. The van der Waals surface area contributed by atoms with Gasteiger partial charge in [0.1, 0.15) is 5.82 Å². The van der Waals surface area contributed by atoms with E-state index in [2.05, 4.69) is 5.32 Å². The number of nitrogens with zero attached hydrogens (tertiary/aromatic N) is 2. The number of carbonyl (C=O) groups excluding carboxylic acids is 1. The van der Waals surface area contributed by atoms with Crippen molar-refractivity contribution in [1.82, 2.24) is 9.62 Å². The van der Waals surface area contributed by atoms with Gasteiger partial charge in [0.15, 0.2) is 0 Å². The smallest absolute Gasteiger partial charge is 0.251 e. The molecular formula is C21H26FN3O4S. The number of carbonyl (C=O) groups is 1. The molecule has 0 saturated carbocycles. The van der Waals surface area contributed by atoms with E-state index in [1.165, 1.54) is 28.6 Å². The van der Waals surface area contributed by atoms with Crippen molar-refractivity contribution in [2.24, 2.45) is 0 Å². The van der Waals surface area contributed by atoms with E-state index < -0.39 is 10.0 Å². The van der Waals surface area contributed by atoms with Gasteiger partial charge in [-0.25, -0.2) is 12.8 Å². The summed E-state index contributed by atoms with van der Waals surface area (Å²) in [6.07, 6.45) is 0. The third kappa shape index (κ3) is 5.16. The molecule has 1 fully saturated rings. The molecule has 1 atom stereocenters. The van der Waals surface area contributed by atoms with E-state index in [4.69, 9.17) is 4.74 Å². The van der Waals surface area contributed by atoms with E-state index >= 15 is 0 Å². The van der Waals surface area contributed by atoms with Gasteiger partial charge in [-0.1, -0.05) is 6.07 Å². The van der Waals surface area contributed by atoms with Crippen LogP contribution in [0.3, 0.4) is 0 Å². The number of ether oxygens (including phenoxy) is 1. The summed E-state index contributed by atoms with van der Waals surface area (Å²) in [7, 11) is -2.18. The lowest BCUT2D eigenvalue weighted by molar-refractivity contribution is 0.0905. The zero-order valence-corrected chi connectivity index (χ0v) is 17.9. The van der Waals surface area contributed by atoms with E-state index in [9.17, 15) is 17.6 Å². The second-order valence-electron chi connectivity index (χ2n) is 7.23. The summed E-state index contributed by atoms with van der Waals surface area (Å²) < 4.78 is 45.7. The number of benzene rings is 2. The highest BCUT2D eigenvalue weighted by Gasteiger charge is 2.29. The highest BCUT2D eigenvalue weighted by molar-refractivity contribution is 7.89. The second-order valence-corrected chi connectivity index (χ2v) is 9.16. The predicted octanol–water partition coefficient (Wildman–Crippen LogP) is 2.10. The van der Waals surface area contributed by atoms with Gasteiger partial charge in [0.25, 0.3) is 5.91 Å². The summed E-state index contributed by atoms with van der Waals surface area (Å²) in [5.74, 6) is -0.654. The van der Waals surface area contributed by atoms with Gasteiger partial charge in [-0.3, -0.25) is 4.79 Å². The molecule has 0 aliphatic carbocycles. The van der Waals surface area contributed by atoms with Crippen molar-refractivity contribution in [2.75, 3.05) is 44.8 Å². The summed E-state index contributed by atoms with van der Waals surface area (Å²) >= 11 is 0. The van der Waals surface area contributed by atoms with E-state index in [0.29, 0.717) is 32.8 Å². The normalized spacial score (nSPS) is 16.3. The fraction of sp³-hybridized carbons (Fsp3) is 0.381. The molecule has 162 valence electrons. The fourth-order valence-electron chi connectivity index (χ4n) is 3.38. The maximum absolute atomic E-state index is 13.1. The first-order chi connectivity index (χ1) is 14.3. The largest absolute Gasteiger partial charge is 0.383 e. The van der Waals surface area contributed by atoms with E-state index in [1.54, 1.807) is 31.4 Å². The van der Waals surface area contributed by atoms with E-state index in [-0.39, 0.29) is 28.2 Å². The molecule has 3 rings (SSSR count). The third-order valence-electron chi connectivity index (χ3n) is 4.96. The zero-order valence-electron chi connectivity index (χ0n) is 17.0. The quantitative estimate of drug-likeness (QED) is 0.721. The fourth-order valence-corrected chi connectivity index (χ4v) is 4.85. The molecule has 2 aromatic rings. The average Bonchev–Trinajstić information content (AvgIpc) is 2.74. The van der Waals surface area contributed by atoms with Crippen LogP contribution in [-0.2, 0) is 14.8 Å². The predicted molar refractivity (Wildman–Crippen MR) is 113 cm³/mol. The monoisotopic (exact) mass is 435 g/mol. The molecule has 30 heavy (non-hydrogen) atoms. The lowest BCUT2D eigenvalue weighted by Crippen LogP contribution is -2.48. The third-order valence-corrected chi connectivity index (χ3v) is 6.85. The Labute approximate surface area is 176 Å². The van der Waals surface area contributed by atoms with Gasteiger partial charge < -0.3 is 15.0 Å². The Morgan fingerprint density at radius 2 is 1.80 bits per heavy atom. The van der Waals surface area contributed by atoms with Crippen LogP contribution in [-0.4, -0.2) is 64.6 Å². The first kappa shape index (κ1) is 22.2. The van der Waals surface area contributed by atoms with Crippen molar-refractivity contribution in [2.45, 2.75) is 17.9 Å². The number of hydrogen-bond donors (Lipinski definition) is 1. The minimum atomic E-state index is -3.73. The first-order valence-electron chi connectivity index (χ1n) is 9.72. The molecule has 1 aliphatic rings. The van der Waals surface area contributed by atoms with Crippen LogP contribution in [0, 0.1) is 5.82 Å². The molecule has 0 spiro atoms. The van der Waals surface area contributed by atoms with Crippen molar-refractivity contribution in [1.29, 1.82) is 0 Å². The van der Waals surface area contributed by atoms with Crippen molar-refractivity contribution in [3.05, 3.63) is 59.9 Å². The molecule has 0 aromatic heterocycles. The molecular weight excluding hydrogens is 409 g/mol. The molecule has 0 radical (unpaired) electrons. The molecule has 1 amide bonds. The van der Waals surface area contributed by atoms with Gasteiger partial charge >= 0.3 is 0 Å². The number of anilines is 1. The number of methoxy groups -OCH3 is 1. The number of rotatable bonds is 7. The SMILES string of the molecule is COCC(C)NC(=O)c1cccc(S(=O)(=O)N2CCN(c3ccc(F)cc3)CC2)c1. The lowest BCUT2D eigenvalue weighted by atomic mass is 10.2. The minimum Gasteiger partial charge on any atom is -0.383 e. The molecule has 1 saturated heterocycles. The van der Waals surface area contributed by atoms with Crippen LogP contribution in [0.4, 0.5) is 10.1 Å². The summed E-state index contributed by atoms with van der Waals surface area (Å²) in [6.45, 7) is 3.78. The Morgan fingerprint density at radius 1 is 1.13 bits per heavy atom. The van der Waals surface area contributed by atoms with E-state index in [0.717, 1.165) is 5.69 Å². The maximum atomic E-state index is 13.1. The topological polar surface area (TPSA) is 78.9 Å². The Bertz CT molecular complexity index is 974. The molecule has 1 unspecified atom stereocenters. The Hall–Kier alpha value is -2.49. The Kier molecular flexibility index (Phi) is 7.06. The Morgan fingerprint density at radius 3 is 2.43 bits per heavy atom. The van der Waals surface area contributed by atoms with Gasteiger partial charge in [0.05, 0.1) is 11.5 Å². The number of sulfonamides is 1. The molecule has 0 bridgehead atoms. The average molecular weight is 436 g/mol. The van der Waals surface area contributed by atoms with Crippen LogP contribution in [0.2, 0.25) is 0 Å². The second kappa shape index (κ2) is 9.55. The van der Waals surface area contributed by atoms with Crippen LogP contribution in [0.25, 0.3) is 0 Å². The van der Waals surface area contributed by atoms with Gasteiger partial charge in [-0.15, -0.1) is 0 Å². The highest BCUT2D eigenvalue weighted by atomic mass is 32.2. The standard InChI is InChI=1S/C21H26FN3O4S/c1-16(15-29-2)23-21(26)17-4-3-5-20(14-17)30(27,28)25-12-10-24(11-13-25)19-8-6-18(22)7-9-19/h3-9,14,16H,10-13,15H2,1-2H3,(H,23,26). The van der Waals surface area contributed by atoms with Crippen LogP contribution in [0.15, 0.2) is 53.4 Å². The van der Waals surface area contributed by atoms with Crippen LogP contribution in [0.5, 0.6) is 0 Å². The number of nitrogens with one attached hydrogen (secondary N) is 1. The highest BCUT2D eigenvalue weighted by Crippen LogP contribution is 2.22. The Balaban J connectivity index is 1.68. The van der Waals surface area contributed by atoms with Gasteiger partial charge in [-0.2, -0.15) is 4.31 Å². The van der Waals surface area contributed by atoms with Crippen molar-refractivity contribution in [3.8, 4) is 0 Å². The first-order valence-corrected chi connectivity index (χ1v) is 11.2. The van der Waals surface area contributed by atoms with Gasteiger partial charge in [0.2, 0.25) is 10.0 Å². The van der Waals surface area contributed by atoms with Crippen LogP contribution >= 0.6 is 0 Å². The number of amides is 1. The van der Waals surface area contributed by atoms with Gasteiger partial charge in [0, 0.05) is 50.6 Å². The minimum absolute atomic E-state index is 0.0878. The molecule has 1 heterocycles. The number of piperazine rings is 1. The summed E-state index contributed by atoms with van der Waals surface area (Å²) in [5.41, 5.74) is 1.14. The zero-order chi connectivity index (χ0) is 21.7. The van der Waals surface area contributed by atoms with Crippen molar-refractivity contribution < 1.29 is 22.3 Å². The maximum Gasteiger partial charge on any atom is 0.251 e.